The average molecular weight is 249 g/mol. The molecule has 0 saturated carbocycles. The Balaban J connectivity index is 2.66. The molecule has 0 amide bonds. The topological polar surface area (TPSA) is 93.5 Å². The normalized spacial score (nSPS) is 11.9. The van der Waals surface area contributed by atoms with Crippen molar-refractivity contribution in [2.24, 2.45) is 0 Å². The molecule has 0 aliphatic carbocycles. The third-order valence-corrected chi connectivity index (χ3v) is 3.26. The van der Waals surface area contributed by atoms with Gasteiger partial charge in [0.25, 0.3) is 0 Å². The molecule has 1 heterocycles. The van der Waals surface area contributed by atoms with Gasteiger partial charge in [-0.3, -0.25) is 4.68 Å². The van der Waals surface area contributed by atoms with E-state index in [1.165, 1.54) is 24.2 Å². The summed E-state index contributed by atoms with van der Waals surface area (Å²) in [6, 6.07) is 0. The lowest BCUT2D eigenvalue weighted by Crippen LogP contribution is -2.26. The highest BCUT2D eigenvalue weighted by Gasteiger charge is 2.15. The Hall–Kier alpha value is -0.960. The van der Waals surface area contributed by atoms with Gasteiger partial charge >= 0.3 is 0 Å². The van der Waals surface area contributed by atoms with E-state index in [1.54, 1.807) is 0 Å². The van der Waals surface area contributed by atoms with Crippen LogP contribution in [0.3, 0.4) is 0 Å². The zero-order chi connectivity index (χ0) is 12.0. The van der Waals surface area contributed by atoms with Gasteiger partial charge in [0.2, 0.25) is 10.0 Å². The van der Waals surface area contributed by atoms with Crippen molar-refractivity contribution in [3.05, 3.63) is 12.4 Å². The van der Waals surface area contributed by atoms with E-state index >= 15 is 0 Å². The van der Waals surface area contributed by atoms with E-state index in [9.17, 15) is 8.42 Å². The number of nitrogens with zero attached hydrogens (tertiary/aromatic N) is 2. The molecule has 8 heteroatoms. The summed E-state index contributed by atoms with van der Waals surface area (Å²) in [5.41, 5.74) is 0. The summed E-state index contributed by atoms with van der Waals surface area (Å²) >= 11 is 0. The molecule has 0 aliphatic heterocycles. The van der Waals surface area contributed by atoms with Crippen LogP contribution in [0.2, 0.25) is 0 Å². The Morgan fingerprint density at radius 2 is 2.38 bits per heavy atom. The summed E-state index contributed by atoms with van der Waals surface area (Å²) in [6.45, 7) is 0.708. The Morgan fingerprint density at radius 3 is 3.00 bits per heavy atom. The average Bonchev–Trinajstić information content (AvgIpc) is 2.68. The zero-order valence-corrected chi connectivity index (χ0v) is 9.77. The van der Waals surface area contributed by atoms with E-state index < -0.39 is 10.0 Å². The molecule has 0 radical (unpaired) electrons. The number of aromatic nitrogens is 2. The van der Waals surface area contributed by atoms with Crippen LogP contribution in [-0.2, 0) is 21.3 Å². The molecular formula is C8H15N3O4S. The number of rotatable bonds is 7. The lowest BCUT2D eigenvalue weighted by molar-refractivity contribution is 0.204. The van der Waals surface area contributed by atoms with E-state index in [0.717, 1.165) is 0 Å². The standard InChI is InChI=1S/C8H15N3O4S/c1-15-5-2-10-16(13,14)8-6-9-11(7-8)3-4-12/h6-7,10,12H,2-5H2,1H3. The molecule has 0 fully saturated rings. The first-order valence-corrected chi connectivity index (χ1v) is 6.20. The number of methoxy groups -OCH3 is 1. The Bertz CT molecular complexity index is 415. The second kappa shape index (κ2) is 5.94. The zero-order valence-electron chi connectivity index (χ0n) is 8.96. The van der Waals surface area contributed by atoms with Crippen LogP contribution in [0.4, 0.5) is 0 Å². The first-order valence-electron chi connectivity index (χ1n) is 4.72. The molecule has 0 aromatic carbocycles. The van der Waals surface area contributed by atoms with Crippen molar-refractivity contribution in [1.82, 2.24) is 14.5 Å². The minimum atomic E-state index is -3.52. The highest BCUT2D eigenvalue weighted by Crippen LogP contribution is 2.06. The predicted octanol–water partition coefficient (Wildman–Crippen LogP) is -1.20. The Labute approximate surface area is 94.1 Å². The molecule has 0 spiro atoms. The number of sulfonamides is 1. The van der Waals surface area contributed by atoms with Crippen molar-refractivity contribution in [2.45, 2.75) is 11.4 Å². The van der Waals surface area contributed by atoms with Gasteiger partial charge in [-0.2, -0.15) is 5.10 Å². The second-order valence-electron chi connectivity index (χ2n) is 3.05. The number of ether oxygens (including phenoxy) is 1. The van der Waals surface area contributed by atoms with Gasteiger partial charge in [0.15, 0.2) is 0 Å². The molecule has 0 saturated heterocycles. The smallest absolute Gasteiger partial charge is 0.243 e. The highest BCUT2D eigenvalue weighted by atomic mass is 32.2. The summed E-state index contributed by atoms with van der Waals surface area (Å²) in [4.78, 5) is 0.0806. The Kier molecular flexibility index (Phi) is 4.87. The van der Waals surface area contributed by atoms with E-state index in [1.807, 2.05) is 0 Å². The molecule has 2 N–H and O–H groups in total. The molecule has 0 aliphatic rings. The maximum Gasteiger partial charge on any atom is 0.243 e. The van der Waals surface area contributed by atoms with Gasteiger partial charge < -0.3 is 9.84 Å². The van der Waals surface area contributed by atoms with Crippen LogP contribution >= 0.6 is 0 Å². The van der Waals surface area contributed by atoms with Crippen LogP contribution in [0.1, 0.15) is 0 Å². The van der Waals surface area contributed by atoms with Crippen LogP contribution in [0.5, 0.6) is 0 Å². The van der Waals surface area contributed by atoms with E-state index in [-0.39, 0.29) is 24.6 Å². The molecule has 16 heavy (non-hydrogen) atoms. The van der Waals surface area contributed by atoms with Crippen LogP contribution in [0.15, 0.2) is 17.3 Å². The first kappa shape index (κ1) is 13.1. The first-order chi connectivity index (χ1) is 7.60. The summed E-state index contributed by atoms with van der Waals surface area (Å²) in [7, 11) is -2.03. The molecule has 1 rings (SSSR count). The van der Waals surface area contributed by atoms with E-state index in [4.69, 9.17) is 9.84 Å². The third kappa shape index (κ3) is 3.56. The summed E-state index contributed by atoms with van der Waals surface area (Å²) in [5.74, 6) is 0. The van der Waals surface area contributed by atoms with Crippen LogP contribution in [0.25, 0.3) is 0 Å². The van der Waals surface area contributed by atoms with Gasteiger partial charge in [0.05, 0.1) is 26.0 Å². The number of nitrogens with one attached hydrogen (secondary N) is 1. The molecule has 0 bridgehead atoms. The minimum absolute atomic E-state index is 0.0806. The van der Waals surface area contributed by atoms with Gasteiger partial charge in [-0.1, -0.05) is 0 Å². The van der Waals surface area contributed by atoms with Gasteiger partial charge in [-0.25, -0.2) is 13.1 Å². The van der Waals surface area contributed by atoms with Crippen molar-refractivity contribution >= 4 is 10.0 Å². The summed E-state index contributed by atoms with van der Waals surface area (Å²) in [5, 5.41) is 12.5. The molecule has 1 aromatic rings. The minimum Gasteiger partial charge on any atom is -0.394 e. The SMILES string of the molecule is COCCNS(=O)(=O)c1cnn(CCO)c1. The maximum atomic E-state index is 11.6. The fraction of sp³-hybridized carbons (Fsp3) is 0.625. The molecule has 0 unspecified atom stereocenters. The maximum absolute atomic E-state index is 11.6. The van der Waals surface area contributed by atoms with E-state index in [0.29, 0.717) is 6.61 Å². The van der Waals surface area contributed by atoms with Crippen LogP contribution < -0.4 is 4.72 Å². The largest absolute Gasteiger partial charge is 0.394 e. The van der Waals surface area contributed by atoms with Gasteiger partial charge in [-0.15, -0.1) is 0 Å². The number of aliphatic hydroxyl groups excluding tert-OH is 1. The predicted molar refractivity (Wildman–Crippen MR) is 56.4 cm³/mol. The van der Waals surface area contributed by atoms with Crippen LogP contribution in [-0.4, -0.2) is 50.2 Å². The van der Waals surface area contributed by atoms with E-state index in [2.05, 4.69) is 9.82 Å². The fourth-order valence-electron chi connectivity index (χ4n) is 1.07. The Morgan fingerprint density at radius 1 is 1.62 bits per heavy atom. The quantitative estimate of drug-likeness (QED) is 0.592. The molecule has 1 aromatic heterocycles. The van der Waals surface area contributed by atoms with Gasteiger partial charge in [-0.05, 0) is 0 Å². The van der Waals surface area contributed by atoms with Crippen molar-refractivity contribution in [2.75, 3.05) is 26.9 Å². The number of aliphatic hydroxyl groups is 1. The second-order valence-corrected chi connectivity index (χ2v) is 4.82. The lowest BCUT2D eigenvalue weighted by Gasteiger charge is -2.03. The van der Waals surface area contributed by atoms with Gasteiger partial charge in [0.1, 0.15) is 4.90 Å². The summed E-state index contributed by atoms with van der Waals surface area (Å²) < 4.78 is 31.7. The molecule has 92 valence electrons. The molecule has 7 nitrogen and oxygen atoms in total. The fourth-order valence-corrected chi connectivity index (χ4v) is 2.03. The molecular weight excluding hydrogens is 234 g/mol. The monoisotopic (exact) mass is 249 g/mol. The summed E-state index contributed by atoms with van der Waals surface area (Å²) in [6.07, 6.45) is 2.61. The van der Waals surface area contributed by atoms with Crippen molar-refractivity contribution in [1.29, 1.82) is 0 Å². The van der Waals surface area contributed by atoms with Crippen molar-refractivity contribution < 1.29 is 18.3 Å². The van der Waals surface area contributed by atoms with Crippen molar-refractivity contribution in [3.8, 4) is 0 Å². The molecule has 0 atom stereocenters. The number of hydrogen-bond acceptors (Lipinski definition) is 5. The van der Waals surface area contributed by atoms with Gasteiger partial charge in [0, 0.05) is 19.9 Å². The van der Waals surface area contributed by atoms with Crippen molar-refractivity contribution in [3.63, 3.8) is 0 Å². The lowest BCUT2D eigenvalue weighted by atomic mass is 10.7. The highest BCUT2D eigenvalue weighted by molar-refractivity contribution is 7.89. The third-order valence-electron chi connectivity index (χ3n) is 1.85. The number of hydrogen-bond donors (Lipinski definition) is 2. The van der Waals surface area contributed by atoms with Crippen LogP contribution in [0, 0.1) is 0 Å².